The maximum absolute atomic E-state index is 11.3. The van der Waals surface area contributed by atoms with E-state index >= 15 is 0 Å². The number of carbonyl (C=O) groups is 1. The fourth-order valence-electron chi connectivity index (χ4n) is 5.30. The topological polar surface area (TPSA) is 98.3 Å². The predicted octanol–water partition coefficient (Wildman–Crippen LogP) is 5.84. The molecule has 3 heterocycles. The second-order valence-electron chi connectivity index (χ2n) is 9.28. The number of rotatable bonds is 7. The second-order valence-corrected chi connectivity index (χ2v) is 10.3. The molecule has 2 aromatic heterocycles. The number of nitriles is 1. The normalized spacial score (nSPS) is 15.0. The average molecular weight is 474 g/mol. The lowest BCUT2D eigenvalue weighted by atomic mass is 9.89. The van der Waals surface area contributed by atoms with Gasteiger partial charge in [-0.15, -0.1) is 11.3 Å². The average Bonchev–Trinajstić information content (AvgIpc) is 3.34. The van der Waals surface area contributed by atoms with Crippen LogP contribution in [0, 0.1) is 18.3 Å². The molecule has 1 aliphatic heterocycles. The van der Waals surface area contributed by atoms with Crippen LogP contribution < -0.4 is 5.73 Å². The predicted molar refractivity (Wildman–Crippen MR) is 142 cm³/mol. The summed E-state index contributed by atoms with van der Waals surface area (Å²) in [7, 11) is 0. The minimum Gasteiger partial charge on any atom is -0.369 e. The SMILES string of the molecule is C=Cc1c(-c2[nH]c3sc(C4CCN(CC(N)=O)CC4)c(C)c3c2C(C)C)ccc(C#N)c1N=C. The summed E-state index contributed by atoms with van der Waals surface area (Å²) < 4.78 is 0. The molecule has 1 fully saturated rings. The molecule has 0 unspecified atom stereocenters. The summed E-state index contributed by atoms with van der Waals surface area (Å²) in [6.07, 6.45) is 3.83. The molecule has 1 aliphatic rings. The summed E-state index contributed by atoms with van der Waals surface area (Å²) >= 11 is 1.84. The Labute approximate surface area is 204 Å². The molecule has 0 bridgehead atoms. The molecule has 4 rings (SSSR count). The number of aryl methyl sites for hydroxylation is 1. The van der Waals surface area contributed by atoms with Gasteiger partial charge in [-0.05, 0) is 68.6 Å². The molecule has 3 aromatic rings. The first-order chi connectivity index (χ1) is 16.3. The number of thiophene rings is 1. The van der Waals surface area contributed by atoms with Crippen molar-refractivity contribution in [3.8, 4) is 17.3 Å². The van der Waals surface area contributed by atoms with Gasteiger partial charge in [0.2, 0.25) is 5.91 Å². The van der Waals surface area contributed by atoms with Gasteiger partial charge in [-0.1, -0.05) is 32.6 Å². The van der Waals surface area contributed by atoms with Crippen molar-refractivity contribution in [1.82, 2.24) is 9.88 Å². The fraction of sp³-hybridized carbons (Fsp3) is 0.370. The van der Waals surface area contributed by atoms with E-state index in [4.69, 9.17) is 5.73 Å². The van der Waals surface area contributed by atoms with Gasteiger partial charge in [0.15, 0.2) is 0 Å². The van der Waals surface area contributed by atoms with Gasteiger partial charge in [0.1, 0.15) is 10.9 Å². The van der Waals surface area contributed by atoms with Crippen LogP contribution in [-0.4, -0.2) is 42.1 Å². The van der Waals surface area contributed by atoms with Gasteiger partial charge in [0.05, 0.1) is 23.5 Å². The maximum Gasteiger partial charge on any atom is 0.231 e. The van der Waals surface area contributed by atoms with Crippen molar-refractivity contribution in [2.24, 2.45) is 10.7 Å². The highest BCUT2D eigenvalue weighted by Crippen LogP contribution is 2.47. The molecule has 1 saturated heterocycles. The van der Waals surface area contributed by atoms with Crippen molar-refractivity contribution in [2.75, 3.05) is 19.6 Å². The van der Waals surface area contributed by atoms with Crippen LogP contribution in [0.2, 0.25) is 0 Å². The molecule has 6 nitrogen and oxygen atoms in total. The van der Waals surface area contributed by atoms with E-state index in [1.165, 1.54) is 26.2 Å². The Bertz CT molecular complexity index is 1320. The summed E-state index contributed by atoms with van der Waals surface area (Å²) in [6.45, 7) is 16.5. The third kappa shape index (κ3) is 4.08. The molecule has 0 aliphatic carbocycles. The van der Waals surface area contributed by atoms with Crippen LogP contribution >= 0.6 is 11.3 Å². The fourth-order valence-corrected chi connectivity index (χ4v) is 6.69. The standard InChI is InChI=1S/C27H31N5OS/c1-6-19-20(8-7-18(13-28)24(19)30-5)25-22(15(2)3)23-16(4)26(34-27(23)31-25)17-9-11-32(12-10-17)14-21(29)33/h6-8,15,17,31H,1,5,9-12,14H2,2-4H3,(H2,29,33). The van der Waals surface area contributed by atoms with Crippen molar-refractivity contribution >= 4 is 45.9 Å². The molecule has 176 valence electrons. The zero-order valence-corrected chi connectivity index (χ0v) is 20.9. The van der Waals surface area contributed by atoms with Crippen LogP contribution in [0.3, 0.4) is 0 Å². The summed E-state index contributed by atoms with van der Waals surface area (Å²) in [5.41, 5.74) is 11.9. The van der Waals surface area contributed by atoms with E-state index in [-0.39, 0.29) is 5.91 Å². The Morgan fingerprint density at radius 3 is 2.68 bits per heavy atom. The number of nitrogens with zero attached hydrogens (tertiary/aromatic N) is 3. The second kappa shape index (κ2) is 9.57. The molecule has 0 radical (unpaired) electrons. The monoisotopic (exact) mass is 473 g/mol. The third-order valence-corrected chi connectivity index (χ3v) is 8.21. The smallest absolute Gasteiger partial charge is 0.231 e. The Morgan fingerprint density at radius 2 is 2.12 bits per heavy atom. The van der Waals surface area contributed by atoms with Crippen molar-refractivity contribution < 1.29 is 4.79 Å². The molecular weight excluding hydrogens is 442 g/mol. The minimum absolute atomic E-state index is 0.260. The summed E-state index contributed by atoms with van der Waals surface area (Å²) in [6, 6.07) is 6.00. The number of nitrogens with one attached hydrogen (secondary N) is 1. The highest BCUT2D eigenvalue weighted by atomic mass is 32.1. The van der Waals surface area contributed by atoms with Gasteiger partial charge in [-0.2, -0.15) is 5.26 Å². The van der Waals surface area contributed by atoms with E-state index in [0.29, 0.717) is 29.6 Å². The van der Waals surface area contributed by atoms with Crippen molar-refractivity contribution in [2.45, 2.75) is 45.4 Å². The van der Waals surface area contributed by atoms with Crippen LogP contribution in [-0.2, 0) is 4.79 Å². The van der Waals surface area contributed by atoms with Gasteiger partial charge in [-0.25, -0.2) is 0 Å². The Morgan fingerprint density at radius 1 is 1.41 bits per heavy atom. The summed E-state index contributed by atoms with van der Waals surface area (Å²) in [4.78, 5) is 23.9. The lowest BCUT2D eigenvalue weighted by Crippen LogP contribution is -2.39. The van der Waals surface area contributed by atoms with Crippen LogP contribution in [0.25, 0.3) is 27.6 Å². The van der Waals surface area contributed by atoms with Crippen molar-refractivity contribution in [3.63, 3.8) is 0 Å². The number of hydrogen-bond acceptors (Lipinski definition) is 5. The van der Waals surface area contributed by atoms with E-state index in [0.717, 1.165) is 42.8 Å². The first-order valence-electron chi connectivity index (χ1n) is 11.6. The van der Waals surface area contributed by atoms with E-state index < -0.39 is 0 Å². The minimum atomic E-state index is -0.260. The number of carbonyl (C=O) groups excluding carboxylic acids is 1. The number of amides is 1. The Hall–Kier alpha value is -3.21. The lowest BCUT2D eigenvalue weighted by molar-refractivity contribution is -0.119. The Kier molecular flexibility index (Phi) is 6.74. The molecule has 1 amide bonds. The van der Waals surface area contributed by atoms with Gasteiger partial charge in [0, 0.05) is 21.4 Å². The number of aliphatic imine (C=N–C) groups is 1. The molecule has 1 aromatic carbocycles. The third-order valence-electron chi connectivity index (χ3n) is 6.85. The maximum atomic E-state index is 11.3. The molecule has 0 atom stereocenters. The molecule has 0 spiro atoms. The van der Waals surface area contributed by atoms with Gasteiger partial charge in [0.25, 0.3) is 0 Å². The quantitative estimate of drug-likeness (QED) is 0.422. The zero-order valence-electron chi connectivity index (χ0n) is 20.1. The zero-order chi connectivity index (χ0) is 24.6. The highest BCUT2D eigenvalue weighted by Gasteiger charge is 2.28. The van der Waals surface area contributed by atoms with Crippen LogP contribution in [0.15, 0.2) is 23.7 Å². The molecule has 34 heavy (non-hydrogen) atoms. The first kappa shape index (κ1) is 23.9. The van der Waals surface area contributed by atoms with Crippen LogP contribution in [0.4, 0.5) is 5.69 Å². The number of hydrogen-bond donors (Lipinski definition) is 2. The van der Waals surface area contributed by atoms with E-state index in [9.17, 15) is 10.1 Å². The van der Waals surface area contributed by atoms with Crippen LogP contribution in [0.5, 0.6) is 0 Å². The first-order valence-corrected chi connectivity index (χ1v) is 12.4. The number of likely N-dealkylation sites (tertiary alicyclic amines) is 1. The molecule has 3 N–H and O–H groups in total. The van der Waals surface area contributed by atoms with Crippen molar-refractivity contribution in [1.29, 1.82) is 5.26 Å². The number of aromatic nitrogens is 1. The lowest BCUT2D eigenvalue weighted by Gasteiger charge is -2.31. The molecule has 7 heteroatoms. The molecular formula is C27H31N5OS. The van der Waals surface area contributed by atoms with Gasteiger partial charge in [-0.3, -0.25) is 14.7 Å². The highest BCUT2D eigenvalue weighted by molar-refractivity contribution is 7.19. The number of benzene rings is 1. The summed E-state index contributed by atoms with van der Waals surface area (Å²) in [5, 5.41) is 10.8. The van der Waals surface area contributed by atoms with Gasteiger partial charge < -0.3 is 10.7 Å². The molecule has 0 saturated carbocycles. The van der Waals surface area contributed by atoms with Crippen LogP contribution in [0.1, 0.15) is 65.7 Å². The summed E-state index contributed by atoms with van der Waals surface area (Å²) in [5.74, 6) is 0.536. The largest absolute Gasteiger partial charge is 0.369 e. The number of primary amides is 1. The van der Waals surface area contributed by atoms with E-state index in [1.807, 2.05) is 23.5 Å². The van der Waals surface area contributed by atoms with E-state index in [2.05, 4.69) is 55.0 Å². The van der Waals surface area contributed by atoms with E-state index in [1.54, 1.807) is 6.08 Å². The Balaban J connectivity index is 1.79. The number of nitrogens with two attached hydrogens (primary N) is 1. The number of aromatic amines is 1. The number of H-pyrrole nitrogens is 1. The number of fused-ring (bicyclic) bond motifs is 1. The van der Waals surface area contributed by atoms with Crippen molar-refractivity contribution in [3.05, 3.63) is 45.8 Å². The van der Waals surface area contributed by atoms with Gasteiger partial charge >= 0.3 is 0 Å². The number of piperidine rings is 1.